The zero-order valence-electron chi connectivity index (χ0n) is 20.3. The number of fused-ring (bicyclic) bond motifs is 1. The number of aliphatic hydroxyl groups is 1. The van der Waals surface area contributed by atoms with E-state index in [1.165, 1.54) is 26.5 Å². The van der Waals surface area contributed by atoms with E-state index in [4.69, 9.17) is 15.6 Å². The molecule has 0 bridgehead atoms. The molecule has 9 heteroatoms. The average molecular weight is 727 g/mol. The third-order valence-corrected chi connectivity index (χ3v) is 6.98. The van der Waals surface area contributed by atoms with E-state index in [1.54, 1.807) is 11.3 Å². The van der Waals surface area contributed by atoms with Crippen molar-refractivity contribution in [1.29, 1.82) is 5.26 Å². The molecule has 2 amide bonds. The molecule has 184 valence electrons. The fourth-order valence-corrected chi connectivity index (χ4v) is 5.21. The summed E-state index contributed by atoms with van der Waals surface area (Å²) in [5, 5.41) is 19.2. The number of amides is 2. The predicted octanol–water partition coefficient (Wildman–Crippen LogP) is 5.86. The van der Waals surface area contributed by atoms with Gasteiger partial charge in [-0.05, 0) is 51.6 Å². The number of carbonyl (C=O) groups is 1. The molecule has 1 aromatic heterocycles. The number of aromatic nitrogens is 1. The van der Waals surface area contributed by atoms with Gasteiger partial charge in [-0.2, -0.15) is 23.3 Å². The Morgan fingerprint density at radius 2 is 2.17 bits per heavy atom. The molecule has 1 fully saturated rings. The smallest absolute Gasteiger partial charge is 0.490 e. The molecule has 2 aliphatic rings. The predicted molar refractivity (Wildman–Crippen MR) is 137 cm³/mol. The number of nitriles is 1. The van der Waals surface area contributed by atoms with Crippen molar-refractivity contribution >= 4 is 17.4 Å². The minimum atomic E-state index is -0.688. The third kappa shape index (κ3) is 6.63. The number of ether oxygens (including phenoxy) is 1. The van der Waals surface area contributed by atoms with Gasteiger partial charge in [0.1, 0.15) is 16.8 Å². The number of rotatable bonds is 4. The molecule has 1 saturated heterocycles. The van der Waals surface area contributed by atoms with Gasteiger partial charge in [-0.1, -0.05) is 24.5 Å². The zero-order valence-corrected chi connectivity index (χ0v) is 25.3. The Labute approximate surface area is 239 Å². The molecular weight excluding hydrogens is 698 g/mol. The van der Waals surface area contributed by atoms with Crippen molar-refractivity contribution in [3.8, 4) is 32.8 Å². The number of benzene rings is 2. The quantitative estimate of drug-likeness (QED) is 0.339. The minimum Gasteiger partial charge on any atom is -0.490 e. The van der Waals surface area contributed by atoms with E-state index in [2.05, 4.69) is 35.7 Å². The molecule has 1 aliphatic heterocycles. The maximum Gasteiger partial charge on any atom is 2.00 e. The van der Waals surface area contributed by atoms with Crippen LogP contribution in [0.15, 0.2) is 42.6 Å². The molecular formula is C27H28N4O3SU. The molecule has 2 heterocycles. The maximum absolute atomic E-state index is 10.3. The first kappa shape index (κ1) is 28.1. The number of hydrogen-bond acceptors (Lipinski definition) is 6. The topological polar surface area (TPSA) is 110 Å². The molecule has 0 unspecified atom stereocenters. The van der Waals surface area contributed by atoms with Crippen LogP contribution in [-0.2, 0) is 6.42 Å². The minimum absolute atomic E-state index is 0. The number of hydrogen-bond donors (Lipinski definition) is 1. The Bertz CT molecular complexity index is 1250. The van der Waals surface area contributed by atoms with Gasteiger partial charge in [0.25, 0.3) is 0 Å². The van der Waals surface area contributed by atoms with Gasteiger partial charge in [0, 0.05) is 16.6 Å². The summed E-state index contributed by atoms with van der Waals surface area (Å²) in [6.07, 6.45) is 6.70. The molecule has 2 aromatic carbocycles. The van der Waals surface area contributed by atoms with Crippen LogP contribution in [-0.4, -0.2) is 46.3 Å². The van der Waals surface area contributed by atoms with Crippen LogP contribution < -0.4 is 4.74 Å². The van der Waals surface area contributed by atoms with Gasteiger partial charge >= 0.3 is 31.1 Å². The zero-order chi connectivity index (χ0) is 24.9. The summed E-state index contributed by atoms with van der Waals surface area (Å²) >= 11 is 1.67. The molecule has 1 aliphatic carbocycles. The normalized spacial score (nSPS) is 15.8. The monoisotopic (exact) mass is 726 g/mol. The maximum atomic E-state index is 10.3. The van der Waals surface area contributed by atoms with Crippen LogP contribution in [0, 0.1) is 48.9 Å². The summed E-state index contributed by atoms with van der Waals surface area (Å²) in [4.78, 5) is 17.4. The van der Waals surface area contributed by atoms with E-state index in [9.17, 15) is 10.1 Å². The van der Waals surface area contributed by atoms with Crippen molar-refractivity contribution in [2.75, 3.05) is 13.1 Å². The number of carbonyl (C=O) groups excluding carboxylic acids is 1. The number of nitrogens with zero attached hydrogens (tertiary/aromatic N) is 3. The Balaban J connectivity index is 0.000000307. The van der Waals surface area contributed by atoms with Crippen LogP contribution >= 0.6 is 11.3 Å². The van der Waals surface area contributed by atoms with E-state index < -0.39 is 12.1 Å². The summed E-state index contributed by atoms with van der Waals surface area (Å²) in [5.74, 6) is 0.624. The molecule has 3 aromatic rings. The summed E-state index contributed by atoms with van der Waals surface area (Å²) in [6, 6.07) is 13.7. The van der Waals surface area contributed by atoms with Gasteiger partial charge in [-0.15, -0.1) is 23.0 Å². The Kier molecular flexibility index (Phi) is 9.87. The Morgan fingerprint density at radius 1 is 1.36 bits per heavy atom. The number of likely N-dealkylation sites (tertiary alicyclic amines) is 1. The number of thiazole rings is 1. The van der Waals surface area contributed by atoms with E-state index in [1.807, 2.05) is 38.2 Å². The van der Waals surface area contributed by atoms with Crippen LogP contribution in [0.1, 0.15) is 43.4 Å². The van der Waals surface area contributed by atoms with Crippen LogP contribution in [0.2, 0.25) is 0 Å². The standard InChI is InChI=1S/C22H19N2OS.C5H10N2O2.U/c1-14(2)25-20-10-9-16(11-17(20)12-23)22-24-13-21(26-22)19-8-4-6-15-5-3-7-18(15)19;6-5(9)7-2-1-4(8)3-7;/h4-6,8-11,13-14H,3,7H2,1-2H3;4,8H,1-3H2,(H2,6,9);/q-1;;+2/p-1/t;4-;/m.0./s1. The first-order valence-corrected chi connectivity index (χ1v) is 12.5. The van der Waals surface area contributed by atoms with Crippen LogP contribution in [0.25, 0.3) is 26.7 Å². The van der Waals surface area contributed by atoms with Gasteiger partial charge in [0.2, 0.25) is 0 Å². The summed E-state index contributed by atoms with van der Waals surface area (Å²) in [6.45, 7) is 4.78. The van der Waals surface area contributed by atoms with Crippen LogP contribution in [0.4, 0.5) is 4.79 Å². The fourth-order valence-electron chi connectivity index (χ4n) is 4.24. The van der Waals surface area contributed by atoms with Crippen LogP contribution in [0.3, 0.4) is 0 Å². The molecule has 5 rings (SSSR count). The molecule has 0 saturated carbocycles. The number of nitrogens with one attached hydrogen (secondary N) is 1. The number of aliphatic hydroxyl groups excluding tert-OH is 1. The number of urea groups is 1. The van der Waals surface area contributed by atoms with Crippen molar-refractivity contribution in [1.82, 2.24) is 9.88 Å². The molecule has 1 atom stereocenters. The Hall–Kier alpha value is -2.49. The van der Waals surface area contributed by atoms with Gasteiger partial charge in [0.05, 0.1) is 17.8 Å². The van der Waals surface area contributed by atoms with E-state index >= 15 is 0 Å². The molecule has 0 spiro atoms. The first-order valence-electron chi connectivity index (χ1n) is 11.7. The fraction of sp³-hybridized carbons (Fsp3) is 0.333. The van der Waals surface area contributed by atoms with Gasteiger partial charge in [-0.3, -0.25) is 4.79 Å². The molecule has 7 nitrogen and oxygen atoms in total. The second kappa shape index (κ2) is 12.7. The van der Waals surface area contributed by atoms with Crippen LogP contribution in [0.5, 0.6) is 5.75 Å². The second-order valence-corrected chi connectivity index (χ2v) is 9.86. The Morgan fingerprint density at radius 3 is 2.81 bits per heavy atom. The van der Waals surface area contributed by atoms with Gasteiger partial charge < -0.3 is 20.5 Å². The molecule has 36 heavy (non-hydrogen) atoms. The summed E-state index contributed by atoms with van der Waals surface area (Å²) in [5.41, 5.74) is 12.2. The largest absolute Gasteiger partial charge is 2.00 e. The van der Waals surface area contributed by atoms with Gasteiger partial charge in [-0.25, -0.2) is 4.98 Å². The van der Waals surface area contributed by atoms with Crippen molar-refractivity contribution in [3.05, 3.63) is 71.4 Å². The molecule has 2 N–H and O–H groups in total. The first-order chi connectivity index (χ1) is 16.9. The molecule has 0 radical (unpaired) electrons. The van der Waals surface area contributed by atoms with Crippen molar-refractivity contribution in [2.45, 2.75) is 45.3 Å². The third-order valence-electron chi connectivity index (χ3n) is 5.90. The average Bonchev–Trinajstić information content (AvgIpc) is 3.59. The summed E-state index contributed by atoms with van der Waals surface area (Å²) < 4.78 is 5.71. The SMILES string of the molecule is CC(C)Oc1ccc(-c2ncc(-c3cccc4c3CC[CH-]4)s2)cc1C#N.[NH-]C(=O)N1CC[C@H](O)C1.[U+2]. The van der Waals surface area contributed by atoms with E-state index in [0.717, 1.165) is 23.4 Å². The van der Waals surface area contributed by atoms with E-state index in [0.29, 0.717) is 30.8 Å². The summed E-state index contributed by atoms with van der Waals surface area (Å²) in [7, 11) is 0. The number of β-amino-alcohol motifs (C(OH)–C–C–N with tert-alkyl or cyclic N) is 1. The second-order valence-electron chi connectivity index (χ2n) is 8.83. The van der Waals surface area contributed by atoms with E-state index in [-0.39, 0.29) is 37.2 Å². The van der Waals surface area contributed by atoms with Crippen molar-refractivity contribution in [2.24, 2.45) is 0 Å². The van der Waals surface area contributed by atoms with Crippen molar-refractivity contribution < 1.29 is 45.8 Å². The van der Waals surface area contributed by atoms with Gasteiger partial charge in [0.15, 0.2) is 6.03 Å². The van der Waals surface area contributed by atoms with Crippen molar-refractivity contribution in [3.63, 3.8) is 0 Å².